The van der Waals surface area contributed by atoms with Crippen LogP contribution < -0.4 is 5.73 Å². The third-order valence-corrected chi connectivity index (χ3v) is 5.52. The highest BCUT2D eigenvalue weighted by Gasteiger charge is 2.27. The van der Waals surface area contributed by atoms with Crippen molar-refractivity contribution in [1.29, 1.82) is 0 Å². The van der Waals surface area contributed by atoms with E-state index in [9.17, 15) is 0 Å². The Balaban J connectivity index is 2.25. The van der Waals surface area contributed by atoms with Crippen LogP contribution in [0.1, 0.15) is 58.6 Å². The van der Waals surface area contributed by atoms with Gasteiger partial charge in [0.1, 0.15) is 0 Å². The molecular formula is C23H35BrN2O. The van der Waals surface area contributed by atoms with Gasteiger partial charge in [-0.3, -0.25) is 4.90 Å². The van der Waals surface area contributed by atoms with E-state index < -0.39 is 0 Å². The molecule has 1 atom stereocenters. The number of allylic oxidation sites excluding steroid dienone is 2. The van der Waals surface area contributed by atoms with E-state index in [2.05, 4.69) is 86.6 Å². The molecule has 0 aromatic heterocycles. The van der Waals surface area contributed by atoms with Crippen LogP contribution in [0.5, 0.6) is 0 Å². The first-order valence-corrected chi connectivity index (χ1v) is 10.7. The zero-order chi connectivity index (χ0) is 20.2. The summed E-state index contributed by atoms with van der Waals surface area (Å²) in [4.78, 5) is 2.48. The predicted molar refractivity (Wildman–Crippen MR) is 120 cm³/mol. The van der Waals surface area contributed by atoms with Gasteiger partial charge in [-0.05, 0) is 82.4 Å². The van der Waals surface area contributed by atoms with E-state index in [0.29, 0.717) is 6.10 Å². The molecule has 3 nitrogen and oxygen atoms in total. The molecule has 2 rings (SSSR count). The summed E-state index contributed by atoms with van der Waals surface area (Å²) in [6, 6.07) is 6.47. The van der Waals surface area contributed by atoms with E-state index in [4.69, 9.17) is 10.5 Å². The lowest BCUT2D eigenvalue weighted by atomic mass is 9.98. The van der Waals surface area contributed by atoms with Gasteiger partial charge in [0.15, 0.2) is 0 Å². The molecule has 2 N–H and O–H groups in total. The van der Waals surface area contributed by atoms with Gasteiger partial charge in [-0.15, -0.1) is 0 Å². The lowest BCUT2D eigenvalue weighted by molar-refractivity contribution is -0.0535. The third-order valence-electron chi connectivity index (χ3n) is 5.03. The second-order valence-corrected chi connectivity index (χ2v) is 9.51. The molecule has 4 heteroatoms. The molecule has 0 radical (unpaired) electrons. The fourth-order valence-corrected chi connectivity index (χ4v) is 3.96. The van der Waals surface area contributed by atoms with Gasteiger partial charge in [-0.2, -0.15) is 0 Å². The highest BCUT2D eigenvalue weighted by atomic mass is 79.9. The van der Waals surface area contributed by atoms with Gasteiger partial charge in [-0.25, -0.2) is 0 Å². The van der Waals surface area contributed by atoms with Gasteiger partial charge in [0.2, 0.25) is 0 Å². The minimum Gasteiger partial charge on any atom is -0.399 e. The lowest BCUT2D eigenvalue weighted by Crippen LogP contribution is -2.31. The van der Waals surface area contributed by atoms with E-state index in [-0.39, 0.29) is 5.60 Å². The van der Waals surface area contributed by atoms with Crippen molar-refractivity contribution in [2.45, 2.75) is 66.1 Å². The van der Waals surface area contributed by atoms with Gasteiger partial charge in [0.25, 0.3) is 0 Å². The summed E-state index contributed by atoms with van der Waals surface area (Å²) in [7, 11) is 0. The second kappa shape index (κ2) is 9.40. The number of hydrogen-bond donors (Lipinski definition) is 1. The largest absolute Gasteiger partial charge is 0.399 e. The Kier molecular flexibility index (Phi) is 7.73. The van der Waals surface area contributed by atoms with Crippen LogP contribution in [0, 0.1) is 6.92 Å². The van der Waals surface area contributed by atoms with Crippen LogP contribution in [0.15, 0.2) is 40.0 Å². The first kappa shape index (κ1) is 22.2. The molecule has 0 spiro atoms. The summed E-state index contributed by atoms with van der Waals surface area (Å²) in [6.07, 6.45) is 4.54. The molecule has 27 heavy (non-hydrogen) atoms. The van der Waals surface area contributed by atoms with Crippen LogP contribution >= 0.6 is 15.9 Å². The van der Waals surface area contributed by atoms with Crippen LogP contribution in [0.2, 0.25) is 0 Å². The van der Waals surface area contributed by atoms with Crippen LogP contribution in [0.25, 0.3) is 5.57 Å². The van der Waals surface area contributed by atoms with Crippen molar-refractivity contribution in [2.75, 3.05) is 19.6 Å². The Morgan fingerprint density at radius 3 is 2.67 bits per heavy atom. The number of benzene rings is 1. The van der Waals surface area contributed by atoms with E-state index >= 15 is 0 Å². The average Bonchev–Trinajstić information content (AvgIpc) is 2.98. The van der Waals surface area contributed by atoms with Crippen molar-refractivity contribution in [3.05, 3.63) is 51.1 Å². The van der Waals surface area contributed by atoms with E-state index in [1.807, 2.05) is 0 Å². The number of rotatable bonds is 6. The van der Waals surface area contributed by atoms with Gasteiger partial charge in [0, 0.05) is 29.8 Å². The minimum absolute atomic E-state index is 0.0902. The summed E-state index contributed by atoms with van der Waals surface area (Å²) in [5.74, 6) is 0. The molecule has 1 saturated heterocycles. The number of likely N-dealkylation sites (tertiary alicyclic amines) is 1. The molecular weight excluding hydrogens is 400 g/mol. The summed E-state index contributed by atoms with van der Waals surface area (Å²) in [5, 5.41) is 0. The topological polar surface area (TPSA) is 38.5 Å². The summed E-state index contributed by atoms with van der Waals surface area (Å²) < 4.78 is 7.30. The molecule has 150 valence electrons. The maximum absolute atomic E-state index is 6.38. The minimum atomic E-state index is -0.0902. The second-order valence-electron chi connectivity index (χ2n) is 8.59. The maximum Gasteiger partial charge on any atom is 0.0721 e. The van der Waals surface area contributed by atoms with Crippen molar-refractivity contribution < 1.29 is 4.74 Å². The normalized spacial score (nSPS) is 20.1. The highest BCUT2D eigenvalue weighted by Crippen LogP contribution is 2.27. The molecule has 1 aliphatic rings. The molecule has 0 bridgehead atoms. The highest BCUT2D eigenvalue weighted by molar-refractivity contribution is 9.10. The summed E-state index contributed by atoms with van der Waals surface area (Å²) in [6.45, 7) is 15.7. The van der Waals surface area contributed by atoms with E-state index in [0.717, 1.165) is 42.6 Å². The van der Waals surface area contributed by atoms with Crippen molar-refractivity contribution in [2.24, 2.45) is 5.73 Å². The zero-order valence-electron chi connectivity index (χ0n) is 17.7. The smallest absolute Gasteiger partial charge is 0.0721 e. The quantitative estimate of drug-likeness (QED) is 0.585. The van der Waals surface area contributed by atoms with Crippen LogP contribution in [0.4, 0.5) is 0 Å². The zero-order valence-corrected chi connectivity index (χ0v) is 19.3. The van der Waals surface area contributed by atoms with E-state index in [1.165, 1.54) is 22.3 Å². The molecule has 0 aliphatic carbocycles. The van der Waals surface area contributed by atoms with Gasteiger partial charge >= 0.3 is 0 Å². The van der Waals surface area contributed by atoms with Crippen LogP contribution in [-0.4, -0.2) is 36.2 Å². The number of nitrogens with two attached hydrogens (primary N) is 1. The molecule has 1 unspecified atom stereocenters. The number of nitrogens with zero attached hydrogens (tertiary/aromatic N) is 1. The third kappa shape index (κ3) is 6.78. The standard InChI is InChI=1S/C23H35BrN2O/c1-7-16(2)22(25)13-18(21-9-8-19(24)12-17(21)3)14-26-11-10-20(15-26)27-23(4,5)6/h8-9,12-13,20H,7,10-11,14-15,25H2,1-6H3/b18-13-,22-16+. The molecule has 0 amide bonds. The van der Waals surface area contributed by atoms with Gasteiger partial charge in [-0.1, -0.05) is 34.5 Å². The lowest BCUT2D eigenvalue weighted by Gasteiger charge is -2.25. The number of hydrogen-bond acceptors (Lipinski definition) is 3. The summed E-state index contributed by atoms with van der Waals surface area (Å²) in [5.41, 5.74) is 12.2. The predicted octanol–water partition coefficient (Wildman–Crippen LogP) is 5.67. The van der Waals surface area contributed by atoms with Crippen molar-refractivity contribution >= 4 is 21.5 Å². The SMILES string of the molecule is CC/C(C)=C(N)\C=C(\CN1CCC(OC(C)(C)C)C1)c1ccc(Br)cc1C. The molecule has 1 heterocycles. The Hall–Kier alpha value is -1.10. The molecule has 1 fully saturated rings. The molecule has 1 aliphatic heterocycles. The average molecular weight is 435 g/mol. The monoisotopic (exact) mass is 434 g/mol. The Bertz CT molecular complexity index is 716. The van der Waals surface area contributed by atoms with Crippen molar-refractivity contribution in [1.82, 2.24) is 4.90 Å². The first-order chi connectivity index (χ1) is 12.6. The number of aryl methyl sites for hydroxylation is 1. The Morgan fingerprint density at radius 2 is 2.07 bits per heavy atom. The van der Waals surface area contributed by atoms with Crippen molar-refractivity contribution in [3.8, 4) is 0 Å². The van der Waals surface area contributed by atoms with Crippen LogP contribution in [-0.2, 0) is 4.74 Å². The van der Waals surface area contributed by atoms with Crippen LogP contribution in [0.3, 0.4) is 0 Å². The van der Waals surface area contributed by atoms with E-state index in [1.54, 1.807) is 0 Å². The number of halogens is 1. The first-order valence-electron chi connectivity index (χ1n) is 9.91. The molecule has 0 saturated carbocycles. The number of ether oxygens (including phenoxy) is 1. The Labute approximate surface area is 173 Å². The summed E-state index contributed by atoms with van der Waals surface area (Å²) >= 11 is 3.57. The molecule has 1 aromatic carbocycles. The van der Waals surface area contributed by atoms with Crippen molar-refractivity contribution in [3.63, 3.8) is 0 Å². The fraction of sp³-hybridized carbons (Fsp3) is 0.565. The van der Waals surface area contributed by atoms with Gasteiger partial charge < -0.3 is 10.5 Å². The maximum atomic E-state index is 6.38. The molecule has 1 aromatic rings. The fourth-order valence-electron chi connectivity index (χ4n) is 3.49. The van der Waals surface area contributed by atoms with Gasteiger partial charge in [0.05, 0.1) is 11.7 Å². The Morgan fingerprint density at radius 1 is 1.37 bits per heavy atom.